The Balaban J connectivity index is 1.18. The lowest BCUT2D eigenvalue weighted by Gasteiger charge is -2.34. The zero-order valence-corrected chi connectivity index (χ0v) is 27.7. The summed E-state index contributed by atoms with van der Waals surface area (Å²) in [4.78, 5) is 2.46. The van der Waals surface area contributed by atoms with Gasteiger partial charge in [0.05, 0.1) is 0 Å². The van der Waals surface area contributed by atoms with E-state index in [1.54, 1.807) is 0 Å². The van der Waals surface area contributed by atoms with Crippen LogP contribution in [-0.2, 0) is 5.41 Å². The van der Waals surface area contributed by atoms with Gasteiger partial charge in [-0.05, 0) is 116 Å². The Bertz CT molecular complexity index is 2690. The summed E-state index contributed by atoms with van der Waals surface area (Å²) in [6, 6.07) is 53.0. The summed E-state index contributed by atoms with van der Waals surface area (Å²) in [5.41, 5.74) is 12.1. The first-order valence-electron chi connectivity index (χ1n) is 17.3. The van der Waals surface area contributed by atoms with E-state index in [-0.39, 0.29) is 5.41 Å². The Morgan fingerprint density at radius 2 is 1.35 bits per heavy atom. The minimum Gasteiger partial charge on any atom is -0.456 e. The summed E-state index contributed by atoms with van der Waals surface area (Å²) in [6.07, 6.45) is 5.92. The van der Waals surface area contributed by atoms with Crippen LogP contribution in [0.2, 0.25) is 0 Å². The SMILES string of the molecule is CC1(C)c2ccccc2C2=CC(N(c3cccc(-c4ccc5ccccc5c4)c3)c3ccc4ccc5oc6ccccc6c5c4c3)=CCC21. The minimum absolute atomic E-state index is 0.0855. The van der Waals surface area contributed by atoms with E-state index in [0.717, 1.165) is 34.3 Å². The summed E-state index contributed by atoms with van der Waals surface area (Å²) in [7, 11) is 0. The Morgan fingerprint density at radius 1 is 0.592 bits per heavy atom. The molecule has 1 aromatic heterocycles. The second-order valence-corrected chi connectivity index (χ2v) is 14.2. The van der Waals surface area contributed by atoms with E-state index in [9.17, 15) is 0 Å². The van der Waals surface area contributed by atoms with Crippen molar-refractivity contribution in [2.24, 2.45) is 5.92 Å². The molecule has 1 unspecified atom stereocenters. The molecule has 0 aliphatic heterocycles. The third-order valence-corrected chi connectivity index (χ3v) is 11.1. The van der Waals surface area contributed by atoms with Crippen LogP contribution < -0.4 is 4.90 Å². The van der Waals surface area contributed by atoms with E-state index in [1.165, 1.54) is 60.5 Å². The van der Waals surface area contributed by atoms with Gasteiger partial charge in [0.1, 0.15) is 11.2 Å². The molecule has 0 N–H and O–H groups in total. The Kier molecular flexibility index (Phi) is 6.08. The molecule has 10 rings (SSSR count). The summed E-state index contributed by atoms with van der Waals surface area (Å²) in [6.45, 7) is 4.82. The standard InChI is InChI=1S/C47H35NO/c1-47(2)42-16-7-5-14-38(42)41-29-37(23-24-43(41)47)48(35-13-9-12-33(27-35)34-19-18-30-10-3-4-11-32(30)26-34)36-22-20-31-21-25-45-46(40(31)28-36)39-15-6-8-17-44(39)49-45/h3-23,25-29,43H,24H2,1-2H3. The van der Waals surface area contributed by atoms with E-state index in [1.807, 2.05) is 6.07 Å². The zero-order chi connectivity index (χ0) is 32.7. The number of anilines is 2. The molecule has 0 saturated heterocycles. The van der Waals surface area contributed by atoms with Gasteiger partial charge in [0, 0.05) is 27.8 Å². The van der Waals surface area contributed by atoms with Crippen molar-refractivity contribution < 1.29 is 4.42 Å². The topological polar surface area (TPSA) is 16.4 Å². The number of benzene rings is 7. The first kappa shape index (κ1) is 28.2. The second kappa shape index (κ2) is 10.6. The number of furan rings is 1. The lowest BCUT2D eigenvalue weighted by molar-refractivity contribution is 0.413. The van der Waals surface area contributed by atoms with Crippen LogP contribution in [-0.4, -0.2) is 0 Å². The first-order valence-corrected chi connectivity index (χ1v) is 17.3. The maximum atomic E-state index is 6.32. The van der Waals surface area contributed by atoms with Gasteiger partial charge in [0.25, 0.3) is 0 Å². The van der Waals surface area contributed by atoms with Crippen LogP contribution in [0.1, 0.15) is 31.4 Å². The molecular weight excluding hydrogens is 595 g/mol. The van der Waals surface area contributed by atoms with Gasteiger partial charge in [0.15, 0.2) is 0 Å². The van der Waals surface area contributed by atoms with Crippen LogP contribution >= 0.6 is 0 Å². The number of fused-ring (bicyclic) bond motifs is 9. The second-order valence-electron chi connectivity index (χ2n) is 14.2. The molecule has 0 bridgehead atoms. The Hall–Kier alpha value is -5.86. The molecule has 1 atom stereocenters. The van der Waals surface area contributed by atoms with Crippen molar-refractivity contribution >= 4 is 60.4 Å². The highest BCUT2D eigenvalue weighted by molar-refractivity contribution is 6.19. The molecule has 2 nitrogen and oxygen atoms in total. The molecular formula is C47H35NO. The summed E-state index contributed by atoms with van der Waals surface area (Å²) in [5.74, 6) is 0.452. The third kappa shape index (κ3) is 4.34. The summed E-state index contributed by atoms with van der Waals surface area (Å²) in [5, 5.41) is 7.23. The fourth-order valence-corrected chi connectivity index (χ4v) is 8.58. The number of nitrogens with zero attached hydrogens (tertiary/aromatic N) is 1. The van der Waals surface area contributed by atoms with Gasteiger partial charge in [-0.2, -0.15) is 0 Å². The largest absolute Gasteiger partial charge is 0.456 e. The number of rotatable bonds is 4. The molecule has 0 amide bonds. The minimum atomic E-state index is 0.0855. The monoisotopic (exact) mass is 629 g/mol. The van der Waals surface area contributed by atoms with Crippen molar-refractivity contribution in [2.45, 2.75) is 25.7 Å². The van der Waals surface area contributed by atoms with E-state index >= 15 is 0 Å². The number of hydrogen-bond donors (Lipinski definition) is 0. The van der Waals surface area contributed by atoms with Crippen LogP contribution in [0.3, 0.4) is 0 Å². The number of allylic oxidation sites excluding steroid dienone is 3. The maximum absolute atomic E-state index is 6.32. The highest BCUT2D eigenvalue weighted by atomic mass is 16.3. The van der Waals surface area contributed by atoms with Crippen molar-refractivity contribution in [3.8, 4) is 11.1 Å². The van der Waals surface area contributed by atoms with Crippen molar-refractivity contribution in [3.05, 3.63) is 175 Å². The Morgan fingerprint density at radius 3 is 2.29 bits per heavy atom. The molecule has 7 aromatic carbocycles. The molecule has 0 spiro atoms. The van der Waals surface area contributed by atoms with Crippen molar-refractivity contribution in [2.75, 3.05) is 4.90 Å². The highest BCUT2D eigenvalue weighted by Gasteiger charge is 2.43. The van der Waals surface area contributed by atoms with E-state index < -0.39 is 0 Å². The fraction of sp³-hybridized carbons (Fsp3) is 0.106. The van der Waals surface area contributed by atoms with Crippen LogP contribution in [0.5, 0.6) is 0 Å². The predicted octanol–water partition coefficient (Wildman–Crippen LogP) is 13.0. The highest BCUT2D eigenvalue weighted by Crippen LogP contribution is 2.54. The van der Waals surface area contributed by atoms with Gasteiger partial charge in [-0.25, -0.2) is 0 Å². The summed E-state index contributed by atoms with van der Waals surface area (Å²) < 4.78 is 6.32. The molecule has 0 saturated carbocycles. The van der Waals surface area contributed by atoms with Gasteiger partial charge >= 0.3 is 0 Å². The molecule has 0 fully saturated rings. The zero-order valence-electron chi connectivity index (χ0n) is 27.7. The predicted molar refractivity (Wildman–Crippen MR) is 206 cm³/mol. The summed E-state index contributed by atoms with van der Waals surface area (Å²) >= 11 is 0. The number of para-hydroxylation sites is 1. The first-order chi connectivity index (χ1) is 24.0. The van der Waals surface area contributed by atoms with Crippen LogP contribution in [0.15, 0.2) is 168 Å². The average Bonchev–Trinajstić information content (AvgIpc) is 3.64. The molecule has 2 heteroatoms. The van der Waals surface area contributed by atoms with Gasteiger partial charge < -0.3 is 9.32 Å². The Labute approximate surface area is 286 Å². The van der Waals surface area contributed by atoms with Crippen LogP contribution in [0, 0.1) is 5.92 Å². The van der Waals surface area contributed by atoms with E-state index in [0.29, 0.717) is 5.92 Å². The molecule has 49 heavy (non-hydrogen) atoms. The lowest BCUT2D eigenvalue weighted by atomic mass is 9.74. The number of hydrogen-bond acceptors (Lipinski definition) is 2. The lowest BCUT2D eigenvalue weighted by Crippen LogP contribution is -2.26. The van der Waals surface area contributed by atoms with E-state index in [2.05, 4.69) is 170 Å². The fourth-order valence-electron chi connectivity index (χ4n) is 8.58. The van der Waals surface area contributed by atoms with E-state index in [4.69, 9.17) is 4.42 Å². The van der Waals surface area contributed by atoms with Crippen molar-refractivity contribution in [3.63, 3.8) is 0 Å². The van der Waals surface area contributed by atoms with Gasteiger partial charge in [-0.3, -0.25) is 0 Å². The normalized spacial score (nSPS) is 16.5. The van der Waals surface area contributed by atoms with Gasteiger partial charge in [-0.15, -0.1) is 0 Å². The molecule has 8 aromatic rings. The van der Waals surface area contributed by atoms with Gasteiger partial charge in [0.2, 0.25) is 0 Å². The molecule has 2 aliphatic rings. The molecule has 234 valence electrons. The molecule has 1 heterocycles. The quantitative estimate of drug-likeness (QED) is 0.193. The average molecular weight is 630 g/mol. The third-order valence-electron chi connectivity index (χ3n) is 11.1. The molecule has 2 aliphatic carbocycles. The van der Waals surface area contributed by atoms with Crippen LogP contribution in [0.25, 0.3) is 60.2 Å². The maximum Gasteiger partial charge on any atom is 0.136 e. The van der Waals surface area contributed by atoms with Crippen molar-refractivity contribution in [1.82, 2.24) is 0 Å². The molecule has 0 radical (unpaired) electrons. The van der Waals surface area contributed by atoms with Crippen molar-refractivity contribution in [1.29, 1.82) is 0 Å². The van der Waals surface area contributed by atoms with Gasteiger partial charge in [-0.1, -0.05) is 123 Å². The smallest absolute Gasteiger partial charge is 0.136 e. The van der Waals surface area contributed by atoms with Crippen LogP contribution in [0.4, 0.5) is 11.4 Å².